The van der Waals surface area contributed by atoms with Gasteiger partial charge in [0.2, 0.25) is 5.75 Å². The number of likely N-dealkylation sites (tertiary alicyclic amines) is 1. The predicted octanol–water partition coefficient (Wildman–Crippen LogP) is 3.80. The summed E-state index contributed by atoms with van der Waals surface area (Å²) in [6.45, 7) is 1.10. The zero-order valence-corrected chi connectivity index (χ0v) is 18.7. The third-order valence-corrected chi connectivity index (χ3v) is 5.32. The molecule has 1 atom stereocenters. The lowest BCUT2D eigenvalue weighted by Crippen LogP contribution is -2.43. The highest BCUT2D eigenvalue weighted by Gasteiger charge is 2.30. The van der Waals surface area contributed by atoms with Gasteiger partial charge < -0.3 is 28.6 Å². The fourth-order valence-electron chi connectivity index (χ4n) is 3.64. The van der Waals surface area contributed by atoms with Crippen LogP contribution in [-0.4, -0.2) is 51.4 Å². The molecule has 0 spiro atoms. The Morgan fingerprint density at radius 3 is 2.19 bits per heavy atom. The summed E-state index contributed by atoms with van der Waals surface area (Å²) in [5.74, 6) is 0.710. The Balaban J connectivity index is 1.54. The van der Waals surface area contributed by atoms with Crippen LogP contribution in [0.4, 0.5) is 4.79 Å². The van der Waals surface area contributed by atoms with Crippen LogP contribution in [0.3, 0.4) is 0 Å². The van der Waals surface area contributed by atoms with E-state index in [0.717, 1.165) is 5.56 Å². The van der Waals surface area contributed by atoms with E-state index in [0.29, 0.717) is 42.2 Å². The second kappa shape index (κ2) is 11.3. The van der Waals surface area contributed by atoms with Crippen LogP contribution in [0, 0.1) is 5.92 Å². The molecule has 0 N–H and O–H groups in total. The minimum atomic E-state index is -0.420. The lowest BCUT2D eigenvalue weighted by Gasteiger charge is -2.30. The monoisotopic (exact) mass is 443 g/mol. The molecule has 1 fully saturated rings. The number of ether oxygens (including phenoxy) is 5. The van der Waals surface area contributed by atoms with Crippen LogP contribution < -0.4 is 14.2 Å². The van der Waals surface area contributed by atoms with Gasteiger partial charge in [0.15, 0.2) is 11.5 Å². The van der Waals surface area contributed by atoms with Crippen molar-refractivity contribution in [3.8, 4) is 17.2 Å². The third-order valence-electron chi connectivity index (χ3n) is 5.32. The number of esters is 1. The number of hydrogen-bond donors (Lipinski definition) is 0. The highest BCUT2D eigenvalue weighted by molar-refractivity contribution is 5.75. The normalized spacial score (nSPS) is 15.6. The number of nitrogens with zero attached hydrogens (tertiary/aromatic N) is 1. The molecule has 0 saturated carbocycles. The van der Waals surface area contributed by atoms with E-state index in [1.807, 2.05) is 30.3 Å². The Bertz CT molecular complexity index is 891. The Labute approximate surface area is 188 Å². The summed E-state index contributed by atoms with van der Waals surface area (Å²) >= 11 is 0. The number of amides is 1. The van der Waals surface area contributed by atoms with Crippen molar-refractivity contribution in [3.05, 3.63) is 53.6 Å². The van der Waals surface area contributed by atoms with Crippen molar-refractivity contribution < 1.29 is 33.3 Å². The Morgan fingerprint density at radius 2 is 1.56 bits per heavy atom. The molecule has 0 unspecified atom stereocenters. The lowest BCUT2D eigenvalue weighted by molar-refractivity contribution is -0.151. The van der Waals surface area contributed by atoms with Crippen molar-refractivity contribution in [1.82, 2.24) is 4.90 Å². The molecule has 1 saturated heterocycles. The van der Waals surface area contributed by atoms with Crippen molar-refractivity contribution in [1.29, 1.82) is 0 Å². The Morgan fingerprint density at radius 1 is 0.906 bits per heavy atom. The summed E-state index contributed by atoms with van der Waals surface area (Å²) in [6.07, 6.45) is 0.956. The molecule has 0 aromatic heterocycles. The lowest BCUT2D eigenvalue weighted by atomic mass is 9.98. The Hall–Kier alpha value is -3.42. The second-order valence-electron chi connectivity index (χ2n) is 7.47. The molecular formula is C24H29NO7. The van der Waals surface area contributed by atoms with Gasteiger partial charge in [0, 0.05) is 13.1 Å². The molecule has 32 heavy (non-hydrogen) atoms. The van der Waals surface area contributed by atoms with Crippen LogP contribution in [-0.2, 0) is 27.5 Å². The van der Waals surface area contributed by atoms with Gasteiger partial charge in [-0.15, -0.1) is 0 Å². The van der Waals surface area contributed by atoms with E-state index >= 15 is 0 Å². The molecule has 8 heteroatoms. The van der Waals surface area contributed by atoms with Crippen molar-refractivity contribution in [2.75, 3.05) is 34.4 Å². The van der Waals surface area contributed by atoms with E-state index < -0.39 is 12.0 Å². The number of hydrogen-bond acceptors (Lipinski definition) is 7. The van der Waals surface area contributed by atoms with Crippen LogP contribution in [0.2, 0.25) is 0 Å². The van der Waals surface area contributed by atoms with E-state index in [-0.39, 0.29) is 25.7 Å². The van der Waals surface area contributed by atoms with E-state index in [4.69, 9.17) is 23.7 Å². The van der Waals surface area contributed by atoms with Crippen molar-refractivity contribution >= 4 is 12.1 Å². The van der Waals surface area contributed by atoms with E-state index in [2.05, 4.69) is 0 Å². The zero-order valence-electron chi connectivity index (χ0n) is 18.7. The number of rotatable bonds is 8. The maximum atomic E-state index is 12.7. The van der Waals surface area contributed by atoms with Crippen molar-refractivity contribution in [3.63, 3.8) is 0 Å². The maximum absolute atomic E-state index is 12.7. The molecule has 2 aromatic rings. The smallest absolute Gasteiger partial charge is 0.410 e. The summed E-state index contributed by atoms with van der Waals surface area (Å²) in [7, 11) is 4.58. The van der Waals surface area contributed by atoms with Crippen LogP contribution >= 0.6 is 0 Å². The van der Waals surface area contributed by atoms with E-state index in [1.165, 1.54) is 21.3 Å². The Kier molecular flexibility index (Phi) is 8.19. The van der Waals surface area contributed by atoms with E-state index in [1.54, 1.807) is 17.0 Å². The summed E-state index contributed by atoms with van der Waals surface area (Å²) in [5.41, 5.74) is 1.63. The van der Waals surface area contributed by atoms with Gasteiger partial charge in [0.1, 0.15) is 13.2 Å². The first kappa shape index (κ1) is 23.2. The zero-order chi connectivity index (χ0) is 22.9. The molecule has 0 radical (unpaired) electrons. The SMILES string of the molecule is COc1cc(COC(=O)[C@@H]2CCCN(C(=O)OCc3ccccc3)C2)cc(OC)c1OC. The second-order valence-corrected chi connectivity index (χ2v) is 7.47. The van der Waals surface area contributed by atoms with Gasteiger partial charge in [0.25, 0.3) is 0 Å². The highest BCUT2D eigenvalue weighted by atomic mass is 16.6. The maximum Gasteiger partial charge on any atom is 0.410 e. The molecule has 0 aliphatic carbocycles. The average molecular weight is 443 g/mol. The fraction of sp³-hybridized carbons (Fsp3) is 0.417. The summed E-state index contributed by atoms with van der Waals surface area (Å²) in [5, 5.41) is 0. The van der Waals surface area contributed by atoms with Crippen molar-refractivity contribution in [2.24, 2.45) is 5.92 Å². The molecule has 1 amide bonds. The predicted molar refractivity (Wildman–Crippen MR) is 117 cm³/mol. The quantitative estimate of drug-likeness (QED) is 0.574. The third kappa shape index (κ3) is 5.84. The summed E-state index contributed by atoms with van der Waals surface area (Å²) in [6, 6.07) is 13.0. The van der Waals surface area contributed by atoms with Gasteiger partial charge in [-0.3, -0.25) is 4.79 Å². The van der Waals surface area contributed by atoms with Crippen molar-refractivity contribution in [2.45, 2.75) is 26.1 Å². The molecule has 1 aliphatic heterocycles. The number of benzene rings is 2. The molecule has 172 valence electrons. The van der Waals surface area contributed by atoms with Gasteiger partial charge in [-0.2, -0.15) is 0 Å². The molecular weight excluding hydrogens is 414 g/mol. The average Bonchev–Trinajstić information content (AvgIpc) is 2.85. The highest BCUT2D eigenvalue weighted by Crippen LogP contribution is 2.38. The van der Waals surface area contributed by atoms with Crippen LogP contribution in [0.5, 0.6) is 17.2 Å². The molecule has 0 bridgehead atoms. The molecule has 1 aliphatic rings. The van der Waals surface area contributed by atoms with Gasteiger partial charge in [-0.25, -0.2) is 4.79 Å². The van der Waals surface area contributed by atoms with Crippen LogP contribution in [0.15, 0.2) is 42.5 Å². The van der Waals surface area contributed by atoms with Gasteiger partial charge in [-0.1, -0.05) is 30.3 Å². The summed E-state index contributed by atoms with van der Waals surface area (Å²) < 4.78 is 26.9. The molecule has 3 rings (SSSR count). The number of carbonyl (C=O) groups excluding carboxylic acids is 2. The number of carbonyl (C=O) groups is 2. The topological polar surface area (TPSA) is 83.5 Å². The summed E-state index contributed by atoms with van der Waals surface area (Å²) in [4.78, 5) is 26.7. The first-order valence-electron chi connectivity index (χ1n) is 10.5. The van der Waals surface area contributed by atoms with Gasteiger partial charge in [-0.05, 0) is 36.1 Å². The molecule has 1 heterocycles. The first-order valence-corrected chi connectivity index (χ1v) is 10.5. The molecule has 8 nitrogen and oxygen atoms in total. The van der Waals surface area contributed by atoms with E-state index in [9.17, 15) is 9.59 Å². The van der Waals surface area contributed by atoms with Crippen LogP contribution in [0.1, 0.15) is 24.0 Å². The minimum Gasteiger partial charge on any atom is -0.493 e. The largest absolute Gasteiger partial charge is 0.493 e. The van der Waals surface area contributed by atoms with Crippen LogP contribution in [0.25, 0.3) is 0 Å². The van der Waals surface area contributed by atoms with Gasteiger partial charge >= 0.3 is 12.1 Å². The minimum absolute atomic E-state index is 0.0600. The molecule has 2 aromatic carbocycles. The fourth-order valence-corrected chi connectivity index (χ4v) is 3.64. The number of piperidine rings is 1. The number of methoxy groups -OCH3 is 3. The van der Waals surface area contributed by atoms with Gasteiger partial charge in [0.05, 0.1) is 27.2 Å². The standard InChI is InChI=1S/C24H29NO7/c1-28-20-12-18(13-21(29-2)22(20)30-3)16-31-23(26)19-10-7-11-25(14-19)24(27)32-15-17-8-5-4-6-9-17/h4-6,8-9,12-13,19H,7,10-11,14-16H2,1-3H3/t19-/m1/s1. The first-order chi connectivity index (χ1) is 15.5.